The number of nitrogens with zero attached hydrogens (tertiary/aromatic N) is 1. The van der Waals surface area contributed by atoms with Crippen LogP contribution in [0.3, 0.4) is 0 Å². The predicted octanol–water partition coefficient (Wildman–Crippen LogP) is 4.09. The van der Waals surface area contributed by atoms with Crippen molar-refractivity contribution in [2.75, 3.05) is 11.9 Å². The molecule has 0 radical (unpaired) electrons. The van der Waals surface area contributed by atoms with Crippen molar-refractivity contribution in [1.29, 1.82) is 0 Å². The lowest BCUT2D eigenvalue weighted by molar-refractivity contribution is -0.384. The van der Waals surface area contributed by atoms with Crippen LogP contribution in [0.4, 0.5) is 28.9 Å². The van der Waals surface area contributed by atoms with E-state index in [1.54, 1.807) is 22.6 Å². The number of benzene rings is 1. The van der Waals surface area contributed by atoms with Crippen molar-refractivity contribution >= 4 is 34.0 Å². The Morgan fingerprint density at radius 1 is 1.37 bits per heavy atom. The van der Waals surface area contributed by atoms with Gasteiger partial charge in [0, 0.05) is 25.1 Å². The van der Waals surface area contributed by atoms with E-state index in [1.165, 1.54) is 0 Å². The van der Waals surface area contributed by atoms with Crippen LogP contribution in [0, 0.1) is 19.5 Å². The SMILES string of the molecule is O=[N+]([O-])c1cc(I)c(F)cc1NCCCC(F)(F)F. The van der Waals surface area contributed by atoms with Gasteiger partial charge in [0.2, 0.25) is 0 Å². The zero-order valence-electron chi connectivity index (χ0n) is 9.43. The van der Waals surface area contributed by atoms with Gasteiger partial charge in [-0.05, 0) is 29.0 Å². The molecule has 0 amide bonds. The molecule has 0 fully saturated rings. The van der Waals surface area contributed by atoms with Crippen LogP contribution in [0.1, 0.15) is 12.8 Å². The van der Waals surface area contributed by atoms with Crippen molar-refractivity contribution < 1.29 is 22.5 Å². The molecule has 1 N–H and O–H groups in total. The fourth-order valence-electron chi connectivity index (χ4n) is 1.34. The molecule has 0 heterocycles. The van der Waals surface area contributed by atoms with Crippen LogP contribution in [0.15, 0.2) is 12.1 Å². The Labute approximate surface area is 119 Å². The third-order valence-corrected chi connectivity index (χ3v) is 3.01. The molecule has 1 aromatic carbocycles. The van der Waals surface area contributed by atoms with Gasteiger partial charge < -0.3 is 5.32 Å². The molecule has 19 heavy (non-hydrogen) atoms. The molecular weight excluding hydrogens is 383 g/mol. The summed E-state index contributed by atoms with van der Waals surface area (Å²) in [5.41, 5.74) is -0.483. The van der Waals surface area contributed by atoms with E-state index < -0.39 is 23.3 Å². The normalized spacial score (nSPS) is 11.4. The first-order chi connectivity index (χ1) is 8.70. The zero-order valence-corrected chi connectivity index (χ0v) is 11.6. The molecule has 0 saturated heterocycles. The second-order valence-electron chi connectivity index (χ2n) is 3.69. The summed E-state index contributed by atoms with van der Waals surface area (Å²) in [4.78, 5) is 10.0. The van der Waals surface area contributed by atoms with Gasteiger partial charge in [-0.25, -0.2) is 4.39 Å². The Hall–Kier alpha value is -1.13. The molecule has 1 rings (SSSR count). The second kappa shape index (κ2) is 6.35. The van der Waals surface area contributed by atoms with E-state index >= 15 is 0 Å². The third kappa shape index (κ3) is 5.17. The fourth-order valence-corrected chi connectivity index (χ4v) is 1.79. The minimum absolute atomic E-state index is 0.0742. The Kier molecular flexibility index (Phi) is 5.32. The summed E-state index contributed by atoms with van der Waals surface area (Å²) in [6, 6.07) is 1.94. The molecule has 0 aliphatic heterocycles. The van der Waals surface area contributed by atoms with Gasteiger partial charge in [0.25, 0.3) is 5.69 Å². The van der Waals surface area contributed by atoms with Crippen LogP contribution < -0.4 is 5.32 Å². The number of hydrogen-bond donors (Lipinski definition) is 1. The van der Waals surface area contributed by atoms with E-state index in [9.17, 15) is 27.7 Å². The highest BCUT2D eigenvalue weighted by atomic mass is 127. The quantitative estimate of drug-likeness (QED) is 0.270. The molecular formula is C10H9F4IN2O2. The fraction of sp³-hybridized carbons (Fsp3) is 0.400. The monoisotopic (exact) mass is 392 g/mol. The first-order valence-corrected chi connectivity index (χ1v) is 6.22. The summed E-state index contributed by atoms with van der Waals surface area (Å²) in [6.07, 6.45) is -5.51. The maximum atomic E-state index is 13.3. The van der Waals surface area contributed by atoms with Crippen molar-refractivity contribution in [2.24, 2.45) is 0 Å². The molecule has 0 unspecified atom stereocenters. The molecule has 1 aromatic rings. The average Bonchev–Trinajstić information content (AvgIpc) is 2.27. The highest BCUT2D eigenvalue weighted by Crippen LogP contribution is 2.29. The van der Waals surface area contributed by atoms with E-state index in [2.05, 4.69) is 5.32 Å². The van der Waals surface area contributed by atoms with Crippen LogP contribution >= 0.6 is 22.6 Å². The molecule has 0 spiro atoms. The lowest BCUT2D eigenvalue weighted by Gasteiger charge is -2.09. The molecule has 0 bridgehead atoms. The van der Waals surface area contributed by atoms with Crippen LogP contribution in [0.25, 0.3) is 0 Å². The zero-order chi connectivity index (χ0) is 14.6. The molecule has 0 aromatic heterocycles. The number of nitro groups is 1. The molecule has 4 nitrogen and oxygen atoms in total. The summed E-state index contributed by atoms with van der Waals surface area (Å²) < 4.78 is 49.1. The average molecular weight is 392 g/mol. The first kappa shape index (κ1) is 15.9. The van der Waals surface area contributed by atoms with E-state index in [0.717, 1.165) is 12.1 Å². The van der Waals surface area contributed by atoms with Crippen molar-refractivity contribution in [3.05, 3.63) is 31.6 Å². The summed E-state index contributed by atoms with van der Waals surface area (Å²) in [7, 11) is 0. The van der Waals surface area contributed by atoms with Crippen molar-refractivity contribution in [2.45, 2.75) is 19.0 Å². The standard InChI is InChI=1S/C10H9F4IN2O2/c11-6-4-8(9(17(18)19)5-7(6)15)16-3-1-2-10(12,13)14/h4-5,16H,1-3H2. The van der Waals surface area contributed by atoms with Crippen LogP contribution in [-0.2, 0) is 0 Å². The summed E-state index contributed by atoms with van der Waals surface area (Å²) in [5.74, 6) is -0.662. The van der Waals surface area contributed by atoms with E-state index in [1.807, 2.05) is 0 Å². The second-order valence-corrected chi connectivity index (χ2v) is 4.85. The first-order valence-electron chi connectivity index (χ1n) is 5.15. The minimum atomic E-state index is -4.27. The molecule has 0 aliphatic carbocycles. The predicted molar refractivity (Wildman–Crippen MR) is 69.6 cm³/mol. The third-order valence-electron chi connectivity index (χ3n) is 2.19. The molecule has 0 atom stereocenters. The Morgan fingerprint density at radius 2 is 2.00 bits per heavy atom. The van der Waals surface area contributed by atoms with Gasteiger partial charge in [0.05, 0.1) is 8.49 Å². The van der Waals surface area contributed by atoms with Crippen LogP contribution in [0.5, 0.6) is 0 Å². The number of hydrogen-bond acceptors (Lipinski definition) is 3. The number of anilines is 1. The smallest absolute Gasteiger partial charge is 0.379 e. The highest BCUT2D eigenvalue weighted by molar-refractivity contribution is 14.1. The van der Waals surface area contributed by atoms with Crippen molar-refractivity contribution in [1.82, 2.24) is 0 Å². The minimum Gasteiger partial charge on any atom is -0.379 e. The maximum absolute atomic E-state index is 13.3. The van der Waals surface area contributed by atoms with Gasteiger partial charge in [0.15, 0.2) is 0 Å². The summed E-state index contributed by atoms with van der Waals surface area (Å²) in [6.45, 7) is -0.125. The summed E-state index contributed by atoms with van der Waals surface area (Å²) in [5, 5.41) is 13.2. The largest absolute Gasteiger partial charge is 0.389 e. The topological polar surface area (TPSA) is 55.2 Å². The molecule has 0 saturated carbocycles. The molecule has 9 heteroatoms. The number of halogens is 5. The van der Waals surface area contributed by atoms with Gasteiger partial charge in [-0.15, -0.1) is 0 Å². The molecule has 106 valence electrons. The maximum Gasteiger partial charge on any atom is 0.389 e. The Morgan fingerprint density at radius 3 is 2.53 bits per heavy atom. The highest BCUT2D eigenvalue weighted by Gasteiger charge is 2.26. The Balaban J connectivity index is 2.72. The van der Waals surface area contributed by atoms with Gasteiger partial charge in [-0.2, -0.15) is 13.2 Å². The van der Waals surface area contributed by atoms with E-state index in [0.29, 0.717) is 0 Å². The van der Waals surface area contributed by atoms with Gasteiger partial charge in [0.1, 0.15) is 11.5 Å². The van der Waals surface area contributed by atoms with Gasteiger partial charge in [-0.1, -0.05) is 0 Å². The molecule has 0 aliphatic rings. The number of alkyl halides is 3. The Bertz CT molecular complexity index is 479. The number of nitrogens with one attached hydrogen (secondary N) is 1. The van der Waals surface area contributed by atoms with Crippen molar-refractivity contribution in [3.8, 4) is 0 Å². The number of rotatable bonds is 5. The lowest BCUT2D eigenvalue weighted by Crippen LogP contribution is -2.11. The van der Waals surface area contributed by atoms with Gasteiger partial charge in [-0.3, -0.25) is 10.1 Å². The van der Waals surface area contributed by atoms with Gasteiger partial charge >= 0.3 is 6.18 Å². The number of nitro benzene ring substituents is 1. The summed E-state index contributed by atoms with van der Waals surface area (Å²) >= 11 is 1.60. The van der Waals surface area contributed by atoms with Crippen molar-refractivity contribution in [3.63, 3.8) is 0 Å². The van der Waals surface area contributed by atoms with E-state index in [4.69, 9.17) is 0 Å². The lowest BCUT2D eigenvalue weighted by atomic mass is 10.2. The van der Waals surface area contributed by atoms with Crippen LogP contribution in [-0.4, -0.2) is 17.6 Å². The van der Waals surface area contributed by atoms with E-state index in [-0.39, 0.29) is 27.9 Å². The van der Waals surface area contributed by atoms with Crippen LogP contribution in [0.2, 0.25) is 0 Å².